The topological polar surface area (TPSA) is 86.8 Å². The lowest BCUT2D eigenvalue weighted by Crippen LogP contribution is -2.41. The Morgan fingerprint density at radius 2 is 1.74 bits per heavy atom. The molecule has 1 aliphatic rings. The minimum atomic E-state index is -3.71. The number of sulfonamides is 1. The number of hydrogen-bond acceptors (Lipinski definition) is 4. The predicted octanol–water partition coefficient (Wildman–Crippen LogP) is 5.61. The van der Waals surface area contributed by atoms with E-state index in [9.17, 15) is 18.0 Å². The monoisotopic (exact) mass is 617 g/mol. The van der Waals surface area contributed by atoms with Crippen molar-refractivity contribution >= 4 is 55.1 Å². The third kappa shape index (κ3) is 5.66. The Balaban J connectivity index is 1.47. The molecule has 1 heterocycles. The maximum Gasteiger partial charge on any atom is 0.258 e. The summed E-state index contributed by atoms with van der Waals surface area (Å²) in [5, 5.41) is 2.92. The van der Waals surface area contributed by atoms with Crippen LogP contribution < -0.4 is 10.2 Å². The van der Waals surface area contributed by atoms with Crippen LogP contribution in [0, 0.1) is 0 Å². The summed E-state index contributed by atoms with van der Waals surface area (Å²) in [5.41, 5.74) is 3.43. The number of benzene rings is 3. The van der Waals surface area contributed by atoms with Gasteiger partial charge >= 0.3 is 0 Å². The first-order valence-electron chi connectivity index (χ1n) is 12.0. The number of hydrogen-bond donors (Lipinski definition) is 1. The molecule has 4 rings (SSSR count). The van der Waals surface area contributed by atoms with Crippen LogP contribution in [0.2, 0.25) is 5.02 Å². The summed E-state index contributed by atoms with van der Waals surface area (Å²) in [5.74, 6) is -0.579. The second-order valence-corrected chi connectivity index (χ2v) is 13.5. The number of anilines is 1. The number of nitrogens with zero attached hydrogens (tertiary/aromatic N) is 2. The van der Waals surface area contributed by atoms with Crippen LogP contribution in [0.25, 0.3) is 0 Å². The molecule has 0 saturated heterocycles. The fraction of sp³-hybridized carbons (Fsp3) is 0.286. The van der Waals surface area contributed by atoms with Crippen LogP contribution in [0.15, 0.2) is 70.0 Å². The minimum absolute atomic E-state index is 0.0189. The van der Waals surface area contributed by atoms with Gasteiger partial charge in [-0.3, -0.25) is 9.59 Å². The van der Waals surface area contributed by atoms with Gasteiger partial charge in [0.15, 0.2) is 0 Å². The van der Waals surface area contributed by atoms with Crippen LogP contribution in [-0.4, -0.2) is 45.2 Å². The molecule has 0 spiro atoms. The molecule has 0 bridgehead atoms. The van der Waals surface area contributed by atoms with Crippen LogP contribution in [0.4, 0.5) is 5.69 Å². The highest BCUT2D eigenvalue weighted by Crippen LogP contribution is 2.41. The summed E-state index contributed by atoms with van der Waals surface area (Å²) in [7, 11) is -0.874. The largest absolute Gasteiger partial charge is 0.348 e. The van der Waals surface area contributed by atoms with E-state index in [1.54, 1.807) is 24.3 Å². The molecule has 0 aromatic heterocycles. The van der Waals surface area contributed by atoms with Gasteiger partial charge < -0.3 is 10.2 Å². The Morgan fingerprint density at radius 3 is 2.39 bits per heavy atom. The standard InChI is InChI=1S/C28H29BrClN3O4S/c1-28(2)13-14-33(25-15-20(29)9-11-23(25)28)27(35)19-7-5-18(6-8-19)17-31-26(34)22-16-21(10-12-24(22)30)38(36,37)32(3)4/h5-12,15-16H,13-14,17H2,1-4H3,(H,31,34). The van der Waals surface area contributed by atoms with Gasteiger partial charge in [0.25, 0.3) is 11.8 Å². The van der Waals surface area contributed by atoms with Gasteiger partial charge in [0.2, 0.25) is 10.0 Å². The quantitative estimate of drug-likeness (QED) is 0.389. The zero-order chi connectivity index (χ0) is 27.8. The predicted molar refractivity (Wildman–Crippen MR) is 153 cm³/mol. The second-order valence-electron chi connectivity index (χ2n) is 10.1. The van der Waals surface area contributed by atoms with Gasteiger partial charge in [-0.15, -0.1) is 0 Å². The van der Waals surface area contributed by atoms with E-state index in [2.05, 4.69) is 41.2 Å². The molecule has 0 aliphatic carbocycles. The van der Waals surface area contributed by atoms with Crippen LogP contribution in [0.1, 0.15) is 52.1 Å². The van der Waals surface area contributed by atoms with Crippen molar-refractivity contribution in [2.45, 2.75) is 37.1 Å². The average Bonchev–Trinajstić information content (AvgIpc) is 2.87. The average molecular weight is 619 g/mol. The summed E-state index contributed by atoms with van der Waals surface area (Å²) < 4.78 is 26.9. The molecule has 2 amide bonds. The first-order chi connectivity index (χ1) is 17.8. The van der Waals surface area contributed by atoms with Gasteiger partial charge in [-0.1, -0.05) is 59.6 Å². The molecule has 0 fully saturated rings. The fourth-order valence-electron chi connectivity index (χ4n) is 4.41. The zero-order valence-corrected chi connectivity index (χ0v) is 24.7. The SMILES string of the molecule is CN(C)S(=O)(=O)c1ccc(Cl)c(C(=O)NCc2ccc(C(=O)N3CCC(C)(C)c4ccc(Br)cc43)cc2)c1. The third-order valence-electron chi connectivity index (χ3n) is 6.80. The number of amides is 2. The summed E-state index contributed by atoms with van der Waals surface area (Å²) >= 11 is 9.71. The number of fused-ring (bicyclic) bond motifs is 1. The number of carbonyl (C=O) groups is 2. The van der Waals surface area contributed by atoms with E-state index in [4.69, 9.17) is 11.6 Å². The highest BCUT2D eigenvalue weighted by molar-refractivity contribution is 9.10. The van der Waals surface area contributed by atoms with Crippen molar-refractivity contribution in [3.05, 3.63) is 92.4 Å². The number of rotatable bonds is 6. The van der Waals surface area contributed by atoms with Crippen molar-refractivity contribution in [2.75, 3.05) is 25.5 Å². The molecule has 1 N–H and O–H groups in total. The van der Waals surface area contributed by atoms with Gasteiger partial charge in [0, 0.05) is 42.9 Å². The molecule has 200 valence electrons. The molecule has 38 heavy (non-hydrogen) atoms. The van der Waals surface area contributed by atoms with Crippen molar-refractivity contribution in [3.63, 3.8) is 0 Å². The molecule has 0 atom stereocenters. The van der Waals surface area contributed by atoms with E-state index in [1.165, 1.54) is 32.3 Å². The Bertz CT molecular complexity index is 1500. The van der Waals surface area contributed by atoms with Crippen LogP contribution >= 0.6 is 27.5 Å². The molecule has 3 aromatic rings. The second kappa shape index (κ2) is 10.8. The summed E-state index contributed by atoms with van der Waals surface area (Å²) in [6.07, 6.45) is 0.858. The van der Waals surface area contributed by atoms with Gasteiger partial charge in [-0.2, -0.15) is 0 Å². The summed E-state index contributed by atoms with van der Waals surface area (Å²) in [6, 6.07) is 17.2. The Morgan fingerprint density at radius 1 is 1.05 bits per heavy atom. The highest BCUT2D eigenvalue weighted by Gasteiger charge is 2.34. The van der Waals surface area contributed by atoms with Crippen molar-refractivity contribution < 1.29 is 18.0 Å². The van der Waals surface area contributed by atoms with Crippen molar-refractivity contribution in [1.29, 1.82) is 0 Å². The van der Waals surface area contributed by atoms with Crippen LogP contribution in [0.3, 0.4) is 0 Å². The summed E-state index contributed by atoms with van der Waals surface area (Å²) in [4.78, 5) is 28.0. The third-order valence-corrected chi connectivity index (χ3v) is 9.43. The van der Waals surface area contributed by atoms with E-state index >= 15 is 0 Å². The Labute approximate surface area is 237 Å². The lowest BCUT2D eigenvalue weighted by atomic mass is 9.77. The molecular formula is C28H29BrClN3O4S. The van der Waals surface area contributed by atoms with Crippen molar-refractivity contribution in [3.8, 4) is 0 Å². The molecular weight excluding hydrogens is 590 g/mol. The fourth-order valence-corrected chi connectivity index (χ4v) is 5.89. The zero-order valence-electron chi connectivity index (χ0n) is 21.6. The first kappa shape index (κ1) is 28.3. The molecule has 7 nitrogen and oxygen atoms in total. The lowest BCUT2D eigenvalue weighted by molar-refractivity contribution is 0.0948. The van der Waals surface area contributed by atoms with Gasteiger partial charge in [0.05, 0.1) is 15.5 Å². The Hall–Kier alpha value is -2.72. The maximum absolute atomic E-state index is 13.4. The normalized spacial score (nSPS) is 14.8. The van der Waals surface area contributed by atoms with E-state index in [-0.39, 0.29) is 33.3 Å². The van der Waals surface area contributed by atoms with Crippen LogP contribution in [0.5, 0.6) is 0 Å². The number of carbonyl (C=O) groups excluding carboxylic acids is 2. The van der Waals surface area contributed by atoms with Crippen LogP contribution in [-0.2, 0) is 22.0 Å². The van der Waals surface area contributed by atoms with Crippen molar-refractivity contribution in [1.82, 2.24) is 9.62 Å². The molecule has 3 aromatic carbocycles. The molecule has 0 unspecified atom stereocenters. The van der Waals surface area contributed by atoms with E-state index < -0.39 is 15.9 Å². The molecule has 1 aliphatic heterocycles. The van der Waals surface area contributed by atoms with Gasteiger partial charge in [-0.05, 0) is 65.4 Å². The Kier molecular flexibility index (Phi) is 8.04. The van der Waals surface area contributed by atoms with E-state index in [0.29, 0.717) is 12.1 Å². The van der Waals surface area contributed by atoms with E-state index in [1.807, 2.05) is 17.0 Å². The molecule has 0 saturated carbocycles. The van der Waals surface area contributed by atoms with Gasteiger partial charge in [-0.25, -0.2) is 12.7 Å². The van der Waals surface area contributed by atoms with E-state index in [0.717, 1.165) is 32.0 Å². The minimum Gasteiger partial charge on any atom is -0.348 e. The molecule has 0 radical (unpaired) electrons. The maximum atomic E-state index is 13.4. The first-order valence-corrected chi connectivity index (χ1v) is 14.6. The molecule has 10 heteroatoms. The summed E-state index contributed by atoms with van der Waals surface area (Å²) in [6.45, 7) is 5.18. The lowest BCUT2D eigenvalue weighted by Gasteiger charge is -2.39. The van der Waals surface area contributed by atoms with Crippen molar-refractivity contribution in [2.24, 2.45) is 0 Å². The smallest absolute Gasteiger partial charge is 0.258 e. The number of nitrogens with one attached hydrogen (secondary N) is 1. The van der Waals surface area contributed by atoms with Gasteiger partial charge in [0.1, 0.15) is 0 Å². The highest BCUT2D eigenvalue weighted by atomic mass is 79.9. The number of halogens is 2.